The molecule has 0 saturated carbocycles. The number of nitrogens with zero attached hydrogens (tertiary/aromatic N) is 1. The Labute approximate surface area is 111 Å². The zero-order chi connectivity index (χ0) is 15.7. The molecule has 0 saturated heterocycles. The van der Waals surface area contributed by atoms with Crippen molar-refractivity contribution in [3.05, 3.63) is 33.9 Å². The van der Waals surface area contributed by atoms with Crippen LogP contribution in [0.5, 0.6) is 0 Å². The van der Waals surface area contributed by atoms with Gasteiger partial charge in [-0.1, -0.05) is 0 Å². The molecule has 1 aromatic carbocycles. The largest absolute Gasteiger partial charge is 0.480 e. The highest BCUT2D eigenvalue weighted by Gasteiger charge is 2.37. The number of benzene rings is 1. The lowest BCUT2D eigenvalue weighted by molar-refractivity contribution is -0.385. The van der Waals surface area contributed by atoms with Gasteiger partial charge in [0.05, 0.1) is 10.5 Å². The van der Waals surface area contributed by atoms with E-state index in [2.05, 4.69) is 5.32 Å². The molecule has 0 unspecified atom stereocenters. The molecule has 0 aromatic heterocycles. The second kappa shape index (κ2) is 4.99. The summed E-state index contributed by atoms with van der Waals surface area (Å²) in [6.45, 7) is 2.35. The van der Waals surface area contributed by atoms with E-state index in [4.69, 9.17) is 5.11 Å². The lowest BCUT2D eigenvalue weighted by atomic mass is 10.0. The number of halogens is 3. The van der Waals surface area contributed by atoms with Gasteiger partial charge < -0.3 is 10.4 Å². The molecule has 9 heteroatoms. The average molecular weight is 292 g/mol. The normalized spacial score (nSPS) is 12.1. The van der Waals surface area contributed by atoms with Gasteiger partial charge in [-0.05, 0) is 19.9 Å². The smallest absolute Gasteiger partial charge is 0.418 e. The van der Waals surface area contributed by atoms with Crippen LogP contribution in [0.3, 0.4) is 0 Å². The predicted octanol–water partition coefficient (Wildman–Crippen LogP) is 2.89. The molecule has 0 aliphatic carbocycles. The minimum absolute atomic E-state index is 0.361. The number of hydrogen-bond donors (Lipinski definition) is 2. The molecule has 0 aliphatic rings. The fourth-order valence-electron chi connectivity index (χ4n) is 1.38. The minimum atomic E-state index is -4.84. The number of alkyl halides is 3. The molecule has 0 amide bonds. The molecule has 0 radical (unpaired) electrons. The maximum atomic E-state index is 12.9. The van der Waals surface area contributed by atoms with Gasteiger partial charge in [-0.2, -0.15) is 13.2 Å². The molecule has 0 fully saturated rings. The van der Waals surface area contributed by atoms with Crippen LogP contribution in [0.25, 0.3) is 0 Å². The van der Waals surface area contributed by atoms with Crippen molar-refractivity contribution >= 4 is 17.3 Å². The monoisotopic (exact) mass is 292 g/mol. The molecule has 0 spiro atoms. The van der Waals surface area contributed by atoms with Crippen LogP contribution in [-0.4, -0.2) is 21.5 Å². The molecule has 2 N–H and O–H groups in total. The third kappa shape index (κ3) is 3.37. The standard InChI is InChI=1S/C11H11F3N2O4/c1-10(2,9(17)18)15-8-4-3-6(16(19)20)5-7(8)11(12,13)14/h3-5,15H,1-2H3,(H,17,18). The molecule has 0 bridgehead atoms. The van der Waals surface area contributed by atoms with E-state index in [1.165, 1.54) is 13.8 Å². The highest BCUT2D eigenvalue weighted by atomic mass is 19.4. The predicted molar refractivity (Wildman–Crippen MR) is 63.4 cm³/mol. The zero-order valence-electron chi connectivity index (χ0n) is 10.5. The number of aliphatic carboxylic acids is 1. The number of anilines is 1. The number of hydrogen-bond acceptors (Lipinski definition) is 4. The summed E-state index contributed by atoms with van der Waals surface area (Å²) < 4.78 is 38.6. The van der Waals surface area contributed by atoms with E-state index in [9.17, 15) is 28.1 Å². The number of carboxylic acids is 1. The lowest BCUT2D eigenvalue weighted by Crippen LogP contribution is -2.40. The second-order valence-electron chi connectivity index (χ2n) is 4.54. The van der Waals surface area contributed by atoms with Crippen LogP contribution in [0.1, 0.15) is 19.4 Å². The van der Waals surface area contributed by atoms with Crippen LogP contribution in [0.15, 0.2) is 18.2 Å². The summed E-state index contributed by atoms with van der Waals surface area (Å²) in [5.41, 5.74) is -4.21. The average Bonchev–Trinajstić information content (AvgIpc) is 2.26. The van der Waals surface area contributed by atoms with E-state index in [-0.39, 0.29) is 0 Å². The zero-order valence-corrected chi connectivity index (χ0v) is 10.5. The molecule has 0 heterocycles. The van der Waals surface area contributed by atoms with Crippen molar-refractivity contribution in [2.75, 3.05) is 5.32 Å². The Morgan fingerprint density at radius 2 is 1.90 bits per heavy atom. The minimum Gasteiger partial charge on any atom is -0.480 e. The van der Waals surface area contributed by atoms with Crippen LogP contribution in [0.4, 0.5) is 24.5 Å². The van der Waals surface area contributed by atoms with Crippen molar-refractivity contribution in [1.82, 2.24) is 0 Å². The molecular formula is C11H11F3N2O4. The highest BCUT2D eigenvalue weighted by molar-refractivity contribution is 5.82. The summed E-state index contributed by atoms with van der Waals surface area (Å²) in [6, 6.07) is 2.07. The van der Waals surface area contributed by atoms with Crippen LogP contribution in [0.2, 0.25) is 0 Å². The number of nitrogens with one attached hydrogen (secondary N) is 1. The Morgan fingerprint density at radius 3 is 2.30 bits per heavy atom. The van der Waals surface area contributed by atoms with Crippen molar-refractivity contribution in [3.63, 3.8) is 0 Å². The molecule has 20 heavy (non-hydrogen) atoms. The molecule has 0 aliphatic heterocycles. The van der Waals surface area contributed by atoms with Crippen LogP contribution in [-0.2, 0) is 11.0 Å². The maximum absolute atomic E-state index is 12.9. The lowest BCUT2D eigenvalue weighted by Gasteiger charge is -2.24. The van der Waals surface area contributed by atoms with Crippen LogP contribution in [0, 0.1) is 10.1 Å². The number of carboxylic acid groups (broad SMARTS) is 1. The van der Waals surface area contributed by atoms with Gasteiger partial charge in [0, 0.05) is 17.8 Å². The van der Waals surface area contributed by atoms with E-state index in [1.807, 2.05) is 0 Å². The van der Waals surface area contributed by atoms with Gasteiger partial charge in [-0.3, -0.25) is 10.1 Å². The number of carbonyl (C=O) groups is 1. The van der Waals surface area contributed by atoms with Crippen molar-refractivity contribution in [2.24, 2.45) is 0 Å². The molecule has 110 valence electrons. The first-order chi connectivity index (χ1) is 8.95. The summed E-state index contributed by atoms with van der Waals surface area (Å²) in [6.07, 6.45) is -4.84. The molecule has 1 rings (SSSR count). The van der Waals surface area contributed by atoms with E-state index < -0.39 is 39.5 Å². The Hall–Kier alpha value is -2.32. The summed E-state index contributed by atoms with van der Waals surface area (Å²) in [4.78, 5) is 20.5. The van der Waals surface area contributed by atoms with Crippen LogP contribution >= 0.6 is 0 Å². The van der Waals surface area contributed by atoms with Gasteiger partial charge in [0.15, 0.2) is 0 Å². The summed E-state index contributed by atoms with van der Waals surface area (Å²) in [5, 5.41) is 21.6. The maximum Gasteiger partial charge on any atom is 0.418 e. The Balaban J connectivity index is 3.33. The fourth-order valence-corrected chi connectivity index (χ4v) is 1.38. The van der Waals surface area contributed by atoms with Gasteiger partial charge in [0.25, 0.3) is 5.69 Å². The topological polar surface area (TPSA) is 92.5 Å². The Morgan fingerprint density at radius 1 is 1.35 bits per heavy atom. The van der Waals surface area contributed by atoms with E-state index in [0.717, 1.165) is 12.1 Å². The first kappa shape index (κ1) is 15.7. The number of nitro benzene ring substituents is 1. The first-order valence-electron chi connectivity index (χ1n) is 5.32. The van der Waals surface area contributed by atoms with E-state index in [0.29, 0.717) is 6.07 Å². The second-order valence-corrected chi connectivity index (χ2v) is 4.54. The van der Waals surface area contributed by atoms with E-state index >= 15 is 0 Å². The third-order valence-corrected chi connectivity index (χ3v) is 2.50. The molecular weight excluding hydrogens is 281 g/mol. The SMILES string of the molecule is CC(C)(Nc1ccc([N+](=O)[O-])cc1C(F)(F)F)C(=O)O. The van der Waals surface area contributed by atoms with Crippen molar-refractivity contribution in [3.8, 4) is 0 Å². The summed E-state index contributed by atoms with van der Waals surface area (Å²) in [7, 11) is 0. The third-order valence-electron chi connectivity index (χ3n) is 2.50. The van der Waals surface area contributed by atoms with Gasteiger partial charge in [0.2, 0.25) is 0 Å². The summed E-state index contributed by atoms with van der Waals surface area (Å²) >= 11 is 0. The number of non-ortho nitro benzene ring substituents is 1. The molecule has 0 atom stereocenters. The first-order valence-corrected chi connectivity index (χ1v) is 5.32. The molecule has 6 nitrogen and oxygen atoms in total. The number of nitro groups is 1. The van der Waals surface area contributed by atoms with Gasteiger partial charge >= 0.3 is 12.1 Å². The van der Waals surface area contributed by atoms with Crippen molar-refractivity contribution < 1.29 is 28.0 Å². The highest BCUT2D eigenvalue weighted by Crippen LogP contribution is 2.38. The van der Waals surface area contributed by atoms with Gasteiger partial charge in [-0.15, -0.1) is 0 Å². The fraction of sp³-hybridized carbons (Fsp3) is 0.364. The van der Waals surface area contributed by atoms with Crippen LogP contribution < -0.4 is 5.32 Å². The van der Waals surface area contributed by atoms with Gasteiger partial charge in [0.1, 0.15) is 5.54 Å². The van der Waals surface area contributed by atoms with E-state index in [1.54, 1.807) is 0 Å². The number of rotatable bonds is 4. The Bertz CT molecular complexity index is 555. The van der Waals surface area contributed by atoms with Crippen molar-refractivity contribution in [1.29, 1.82) is 0 Å². The van der Waals surface area contributed by atoms with Gasteiger partial charge in [-0.25, -0.2) is 4.79 Å². The van der Waals surface area contributed by atoms with Crippen molar-refractivity contribution in [2.45, 2.75) is 25.6 Å². The quantitative estimate of drug-likeness (QED) is 0.657. The summed E-state index contributed by atoms with van der Waals surface area (Å²) in [5.74, 6) is -1.36. The Kier molecular flexibility index (Phi) is 3.92. The molecule has 1 aromatic rings.